The first kappa shape index (κ1) is 20.4. The molecular weight excluding hydrogens is 385 g/mol. The van der Waals surface area contributed by atoms with E-state index >= 15 is 0 Å². The van der Waals surface area contributed by atoms with Crippen molar-refractivity contribution in [2.24, 2.45) is 16.7 Å². The van der Waals surface area contributed by atoms with Crippen LogP contribution in [0, 0.1) is 16.7 Å². The Kier molecular flexibility index (Phi) is 4.79. The Bertz CT molecular complexity index is 807. The largest absolute Gasteiger partial charge is 0.434 e. The topological polar surface area (TPSA) is 67.4 Å². The van der Waals surface area contributed by atoms with E-state index in [4.69, 9.17) is 4.74 Å². The minimum absolute atomic E-state index is 0.0122. The standard InChI is InChI=1S/C20H27F3N4O2/c1-18(2)12-4-5-19(18,3)14(10-12)25-17-24-11-13(15(26-17)20(21,22)23)16(28)27-6-8-29-9-7-27/h11-12,14H,4-10H2,1-3H3,(H,24,25,26)/t12-,14-,19-/m0/s1. The van der Waals surface area contributed by atoms with Crippen LogP contribution >= 0.6 is 0 Å². The second kappa shape index (κ2) is 6.82. The molecule has 1 aromatic rings. The van der Waals surface area contributed by atoms with Crippen molar-refractivity contribution in [1.82, 2.24) is 14.9 Å². The van der Waals surface area contributed by atoms with E-state index in [1.54, 1.807) is 0 Å². The second-order valence-electron chi connectivity index (χ2n) is 9.17. The number of anilines is 1. The third kappa shape index (κ3) is 3.27. The summed E-state index contributed by atoms with van der Waals surface area (Å²) in [5, 5.41) is 3.16. The molecule has 0 aromatic carbocycles. The van der Waals surface area contributed by atoms with E-state index in [-0.39, 0.29) is 35.9 Å². The number of fused-ring (bicyclic) bond motifs is 2. The van der Waals surface area contributed by atoms with Crippen molar-refractivity contribution < 1.29 is 22.7 Å². The van der Waals surface area contributed by atoms with Gasteiger partial charge < -0.3 is 15.0 Å². The average Bonchev–Trinajstić information content (AvgIpc) is 3.01. The van der Waals surface area contributed by atoms with Gasteiger partial charge in [-0.3, -0.25) is 4.79 Å². The highest BCUT2D eigenvalue weighted by molar-refractivity contribution is 5.95. The molecule has 0 spiro atoms. The lowest BCUT2D eigenvalue weighted by atomic mass is 9.69. The summed E-state index contributed by atoms with van der Waals surface area (Å²) >= 11 is 0. The Hall–Kier alpha value is -1.90. The van der Waals surface area contributed by atoms with Crippen LogP contribution < -0.4 is 5.32 Å². The first-order valence-electron chi connectivity index (χ1n) is 10.1. The summed E-state index contributed by atoms with van der Waals surface area (Å²) in [6.07, 6.45) is -0.667. The van der Waals surface area contributed by atoms with E-state index < -0.39 is 23.3 Å². The number of amides is 1. The zero-order chi connectivity index (χ0) is 21.0. The molecule has 9 heteroatoms. The maximum Gasteiger partial charge on any atom is 0.434 e. The smallest absolute Gasteiger partial charge is 0.378 e. The van der Waals surface area contributed by atoms with Gasteiger partial charge in [-0.05, 0) is 36.0 Å². The van der Waals surface area contributed by atoms with Crippen molar-refractivity contribution in [2.75, 3.05) is 31.6 Å². The van der Waals surface area contributed by atoms with Gasteiger partial charge in [0.2, 0.25) is 5.95 Å². The zero-order valence-electron chi connectivity index (χ0n) is 17.0. The number of nitrogens with zero attached hydrogens (tertiary/aromatic N) is 3. The van der Waals surface area contributed by atoms with E-state index in [9.17, 15) is 18.0 Å². The molecule has 6 nitrogen and oxygen atoms in total. The number of rotatable bonds is 3. The molecule has 2 saturated carbocycles. The lowest BCUT2D eigenvalue weighted by molar-refractivity contribution is -0.141. The molecule has 160 valence electrons. The zero-order valence-corrected chi connectivity index (χ0v) is 17.0. The van der Waals surface area contributed by atoms with Crippen molar-refractivity contribution in [3.05, 3.63) is 17.5 Å². The van der Waals surface area contributed by atoms with Gasteiger partial charge in [-0.2, -0.15) is 13.2 Å². The van der Waals surface area contributed by atoms with Crippen LogP contribution in [0.1, 0.15) is 56.1 Å². The lowest BCUT2D eigenvalue weighted by Gasteiger charge is -2.39. The highest BCUT2D eigenvalue weighted by Gasteiger charge is 2.61. The molecular formula is C20H27F3N4O2. The SMILES string of the molecule is CC1(C)[C@H]2CC[C@@]1(C)[C@@H](Nc1ncc(C(=O)N3CCOCC3)c(C(F)(F)F)n1)C2. The van der Waals surface area contributed by atoms with Gasteiger partial charge in [0.1, 0.15) is 0 Å². The molecule has 3 fully saturated rings. The van der Waals surface area contributed by atoms with E-state index in [0.29, 0.717) is 19.1 Å². The number of morpholine rings is 1. The predicted molar refractivity (Wildman–Crippen MR) is 100 cm³/mol. The summed E-state index contributed by atoms with van der Waals surface area (Å²) in [5.74, 6) is -0.236. The van der Waals surface area contributed by atoms with Gasteiger partial charge in [-0.25, -0.2) is 9.97 Å². The predicted octanol–water partition coefficient (Wildman–Crippen LogP) is 3.59. The van der Waals surface area contributed by atoms with E-state index in [1.165, 1.54) is 4.90 Å². The van der Waals surface area contributed by atoms with Crippen LogP contribution in [0.5, 0.6) is 0 Å². The molecule has 1 aromatic heterocycles. The van der Waals surface area contributed by atoms with Crippen LogP contribution in [0.2, 0.25) is 0 Å². The number of aromatic nitrogens is 2. The first-order valence-corrected chi connectivity index (χ1v) is 10.1. The minimum Gasteiger partial charge on any atom is -0.378 e. The molecule has 2 bridgehead atoms. The molecule has 29 heavy (non-hydrogen) atoms. The lowest BCUT2D eigenvalue weighted by Crippen LogP contribution is -2.42. The summed E-state index contributed by atoms with van der Waals surface area (Å²) in [7, 11) is 0. The van der Waals surface area contributed by atoms with E-state index in [0.717, 1.165) is 25.5 Å². The summed E-state index contributed by atoms with van der Waals surface area (Å²) in [5.41, 5.74) is -1.60. The fourth-order valence-corrected chi connectivity index (χ4v) is 5.34. The van der Waals surface area contributed by atoms with Crippen LogP contribution in [0.25, 0.3) is 0 Å². The van der Waals surface area contributed by atoms with Crippen molar-refractivity contribution in [3.63, 3.8) is 0 Å². The van der Waals surface area contributed by atoms with Gasteiger partial charge in [0.25, 0.3) is 5.91 Å². The van der Waals surface area contributed by atoms with Crippen LogP contribution in [0.4, 0.5) is 19.1 Å². The van der Waals surface area contributed by atoms with Crippen molar-refractivity contribution in [3.8, 4) is 0 Å². The monoisotopic (exact) mass is 412 g/mol. The number of alkyl halides is 3. The Morgan fingerprint density at radius 2 is 1.97 bits per heavy atom. The highest BCUT2D eigenvalue weighted by atomic mass is 19.4. The summed E-state index contributed by atoms with van der Waals surface area (Å²) < 4.78 is 46.3. The van der Waals surface area contributed by atoms with Crippen molar-refractivity contribution in [2.45, 2.75) is 52.3 Å². The van der Waals surface area contributed by atoms with Gasteiger partial charge in [-0.15, -0.1) is 0 Å². The maximum absolute atomic E-state index is 13.7. The quantitative estimate of drug-likeness (QED) is 0.822. The number of ether oxygens (including phenoxy) is 1. The molecule has 4 rings (SSSR count). The number of carbonyl (C=O) groups is 1. The number of nitrogens with one attached hydrogen (secondary N) is 1. The number of halogens is 3. The van der Waals surface area contributed by atoms with Gasteiger partial charge in [0.15, 0.2) is 5.69 Å². The second-order valence-corrected chi connectivity index (χ2v) is 9.17. The van der Waals surface area contributed by atoms with Crippen LogP contribution in [-0.2, 0) is 10.9 Å². The van der Waals surface area contributed by atoms with Crippen molar-refractivity contribution >= 4 is 11.9 Å². The number of hydrogen-bond donors (Lipinski definition) is 1. The minimum atomic E-state index is -4.74. The number of carbonyl (C=O) groups excluding carboxylic acids is 1. The van der Waals surface area contributed by atoms with Gasteiger partial charge in [-0.1, -0.05) is 20.8 Å². The molecule has 1 amide bonds. The van der Waals surface area contributed by atoms with Gasteiger partial charge in [0, 0.05) is 25.3 Å². The average molecular weight is 412 g/mol. The van der Waals surface area contributed by atoms with Crippen LogP contribution in [0.15, 0.2) is 6.20 Å². The fraction of sp³-hybridized carbons (Fsp3) is 0.750. The van der Waals surface area contributed by atoms with Crippen molar-refractivity contribution in [1.29, 1.82) is 0 Å². The van der Waals surface area contributed by atoms with Crippen LogP contribution in [0.3, 0.4) is 0 Å². The summed E-state index contributed by atoms with van der Waals surface area (Å²) in [4.78, 5) is 21.8. The first-order chi connectivity index (χ1) is 13.5. The van der Waals surface area contributed by atoms with Gasteiger partial charge >= 0.3 is 6.18 Å². The van der Waals surface area contributed by atoms with E-state index in [1.807, 2.05) is 0 Å². The molecule has 1 N–H and O–H groups in total. The summed E-state index contributed by atoms with van der Waals surface area (Å²) in [6, 6.07) is 0.0122. The van der Waals surface area contributed by atoms with Gasteiger partial charge in [0.05, 0.1) is 18.8 Å². The Morgan fingerprint density at radius 1 is 1.28 bits per heavy atom. The summed E-state index contributed by atoms with van der Waals surface area (Å²) in [6.45, 7) is 7.80. The molecule has 2 aliphatic carbocycles. The molecule has 0 unspecified atom stereocenters. The Balaban J connectivity index is 1.61. The highest BCUT2D eigenvalue weighted by Crippen LogP contribution is 2.65. The normalized spacial score (nSPS) is 31.2. The fourth-order valence-electron chi connectivity index (χ4n) is 5.34. The third-order valence-electron chi connectivity index (χ3n) is 7.68. The molecule has 3 aliphatic rings. The maximum atomic E-state index is 13.7. The molecule has 2 heterocycles. The molecule has 1 saturated heterocycles. The van der Waals surface area contributed by atoms with Crippen LogP contribution in [-0.4, -0.2) is 53.1 Å². The van der Waals surface area contributed by atoms with E-state index in [2.05, 4.69) is 36.1 Å². The third-order valence-corrected chi connectivity index (χ3v) is 7.68. The molecule has 1 aliphatic heterocycles. The molecule has 3 atom stereocenters. The Labute approximate surface area is 168 Å². The number of hydrogen-bond acceptors (Lipinski definition) is 5. The molecule has 0 radical (unpaired) electrons. The Morgan fingerprint density at radius 3 is 2.52 bits per heavy atom.